The van der Waals surface area contributed by atoms with Gasteiger partial charge in [0.25, 0.3) is 0 Å². The molecule has 2 aromatic rings. The number of benzene rings is 1. The summed E-state index contributed by atoms with van der Waals surface area (Å²) < 4.78 is 16.8. The molecule has 37 heavy (non-hydrogen) atoms. The third-order valence-electron chi connectivity index (χ3n) is 5.49. The summed E-state index contributed by atoms with van der Waals surface area (Å²) >= 11 is 1.18. The minimum atomic E-state index is -1.16. The van der Waals surface area contributed by atoms with Gasteiger partial charge >= 0.3 is 18.0 Å². The number of carbonyl (C=O) groups is 3. The lowest BCUT2D eigenvalue weighted by atomic mass is 9.96. The van der Waals surface area contributed by atoms with Crippen molar-refractivity contribution in [1.82, 2.24) is 9.88 Å². The first-order chi connectivity index (χ1) is 17.3. The number of rotatable bonds is 12. The van der Waals surface area contributed by atoms with Crippen molar-refractivity contribution in [2.24, 2.45) is 5.92 Å². The van der Waals surface area contributed by atoms with Crippen LogP contribution in [0.1, 0.15) is 80.0 Å². The summed E-state index contributed by atoms with van der Waals surface area (Å²) in [6.07, 6.45) is -0.723. The molecule has 0 fully saturated rings. The van der Waals surface area contributed by atoms with E-state index < -0.39 is 29.7 Å². The summed E-state index contributed by atoms with van der Waals surface area (Å²) in [7, 11) is 1.64. The first kappa shape index (κ1) is 30.2. The molecule has 1 aromatic heterocycles. The van der Waals surface area contributed by atoms with Gasteiger partial charge in [0.15, 0.2) is 11.8 Å². The van der Waals surface area contributed by atoms with Crippen LogP contribution in [0.5, 0.6) is 0 Å². The van der Waals surface area contributed by atoms with Crippen LogP contribution < -0.4 is 0 Å². The molecule has 0 aliphatic rings. The van der Waals surface area contributed by atoms with Gasteiger partial charge in [-0.25, -0.2) is 14.6 Å². The number of carboxylic acid groups (broad SMARTS) is 1. The van der Waals surface area contributed by atoms with Crippen molar-refractivity contribution in [3.8, 4) is 0 Å². The Labute approximate surface area is 222 Å². The van der Waals surface area contributed by atoms with Gasteiger partial charge in [-0.2, -0.15) is 0 Å². The Hall–Kier alpha value is -2.98. The van der Waals surface area contributed by atoms with Crippen molar-refractivity contribution < 1.29 is 33.7 Å². The van der Waals surface area contributed by atoms with Crippen LogP contribution in [0.25, 0.3) is 0 Å². The lowest BCUT2D eigenvalue weighted by molar-refractivity contribution is -0.147. The van der Waals surface area contributed by atoms with E-state index >= 15 is 0 Å². The normalized spacial score (nSPS) is 13.2. The lowest BCUT2D eigenvalue weighted by Crippen LogP contribution is -2.44. The van der Waals surface area contributed by atoms with Crippen LogP contribution in [0.3, 0.4) is 0 Å². The number of carboxylic acids is 1. The maximum absolute atomic E-state index is 12.7. The second-order valence-corrected chi connectivity index (χ2v) is 11.3. The first-order valence-electron chi connectivity index (χ1n) is 12.3. The zero-order valence-corrected chi connectivity index (χ0v) is 23.5. The van der Waals surface area contributed by atoms with Crippen molar-refractivity contribution in [2.75, 3.05) is 13.7 Å². The molecule has 0 bridgehead atoms. The number of esters is 1. The fourth-order valence-corrected chi connectivity index (χ4v) is 4.82. The van der Waals surface area contributed by atoms with Gasteiger partial charge in [0.2, 0.25) is 0 Å². The SMILES string of the molecule is CC(=O)OC(CC(C(C)C)N(C)C(=O)OC(C)(C)C)c1nc(C(=O)O)c(CCOCc2ccccc2)s1. The highest BCUT2D eigenvalue weighted by molar-refractivity contribution is 7.12. The first-order valence-corrected chi connectivity index (χ1v) is 13.1. The van der Waals surface area contributed by atoms with Crippen molar-refractivity contribution in [3.63, 3.8) is 0 Å². The summed E-state index contributed by atoms with van der Waals surface area (Å²) in [5.74, 6) is -1.68. The van der Waals surface area contributed by atoms with E-state index in [-0.39, 0.29) is 24.1 Å². The highest BCUT2D eigenvalue weighted by atomic mass is 32.1. The fraction of sp³-hybridized carbons (Fsp3) is 0.556. The summed E-state index contributed by atoms with van der Waals surface area (Å²) in [5.41, 5.74) is 0.280. The number of hydrogen-bond acceptors (Lipinski definition) is 8. The van der Waals surface area contributed by atoms with Crippen LogP contribution in [0, 0.1) is 5.92 Å². The Morgan fingerprint density at radius 1 is 1.14 bits per heavy atom. The van der Waals surface area contributed by atoms with Crippen LogP contribution in [0.15, 0.2) is 30.3 Å². The van der Waals surface area contributed by atoms with Crippen molar-refractivity contribution in [3.05, 3.63) is 51.5 Å². The van der Waals surface area contributed by atoms with Crippen LogP contribution in [-0.4, -0.2) is 58.3 Å². The topological polar surface area (TPSA) is 115 Å². The van der Waals surface area contributed by atoms with Gasteiger partial charge in [-0.3, -0.25) is 4.79 Å². The van der Waals surface area contributed by atoms with Crippen LogP contribution >= 0.6 is 11.3 Å². The van der Waals surface area contributed by atoms with E-state index in [0.717, 1.165) is 5.56 Å². The number of aromatic nitrogens is 1. The van der Waals surface area contributed by atoms with Gasteiger partial charge in [-0.15, -0.1) is 11.3 Å². The number of aromatic carboxylic acids is 1. The monoisotopic (exact) mass is 534 g/mol. The smallest absolute Gasteiger partial charge is 0.410 e. The average Bonchev–Trinajstić information content (AvgIpc) is 3.22. The molecule has 0 spiro atoms. The number of thiazole rings is 1. The Morgan fingerprint density at radius 3 is 2.32 bits per heavy atom. The number of hydrogen-bond donors (Lipinski definition) is 1. The molecule has 10 heteroatoms. The van der Waals surface area contributed by atoms with Gasteiger partial charge in [-0.05, 0) is 32.3 Å². The number of carbonyl (C=O) groups excluding carboxylic acids is 2. The molecule has 0 saturated carbocycles. The number of ether oxygens (including phenoxy) is 3. The molecule has 2 atom stereocenters. The van der Waals surface area contributed by atoms with Crippen molar-refractivity contribution in [2.45, 2.75) is 78.7 Å². The van der Waals surface area contributed by atoms with Gasteiger partial charge in [0.05, 0.1) is 13.2 Å². The standard InChI is InChI=1S/C27H38N2O7S/c1-17(2)20(29(7)26(33)36-27(4,5)6)15-21(35-18(3)30)24-28-23(25(31)32)22(37-24)13-14-34-16-19-11-9-8-10-12-19/h8-12,17,20-21H,13-16H2,1-7H3,(H,31,32). The zero-order valence-electron chi connectivity index (χ0n) is 22.6. The molecular formula is C27H38N2O7S. The number of amides is 1. The van der Waals surface area contributed by atoms with Crippen LogP contribution in [0.2, 0.25) is 0 Å². The fourth-order valence-electron chi connectivity index (χ4n) is 3.74. The second-order valence-electron chi connectivity index (χ2n) is 10.2. The molecule has 1 aromatic carbocycles. The molecule has 2 unspecified atom stereocenters. The average molecular weight is 535 g/mol. The number of nitrogens with zero attached hydrogens (tertiary/aromatic N) is 2. The molecule has 1 N–H and O–H groups in total. The molecule has 0 aliphatic carbocycles. The maximum Gasteiger partial charge on any atom is 0.410 e. The van der Waals surface area contributed by atoms with E-state index in [1.165, 1.54) is 23.2 Å². The van der Waals surface area contributed by atoms with Crippen molar-refractivity contribution in [1.29, 1.82) is 0 Å². The van der Waals surface area contributed by atoms with Gasteiger partial charge < -0.3 is 24.2 Å². The van der Waals surface area contributed by atoms with Gasteiger partial charge in [0, 0.05) is 37.7 Å². The summed E-state index contributed by atoms with van der Waals surface area (Å²) in [6, 6.07) is 9.34. The second kappa shape index (κ2) is 13.5. The molecule has 204 valence electrons. The maximum atomic E-state index is 12.7. The summed E-state index contributed by atoms with van der Waals surface area (Å²) in [6.45, 7) is 11.3. The van der Waals surface area contributed by atoms with E-state index in [0.29, 0.717) is 29.5 Å². The Bertz CT molecular complexity index is 1050. The van der Waals surface area contributed by atoms with E-state index in [2.05, 4.69) is 4.98 Å². The molecule has 1 amide bonds. The predicted molar refractivity (Wildman–Crippen MR) is 141 cm³/mol. The minimum Gasteiger partial charge on any atom is -0.476 e. The molecule has 0 radical (unpaired) electrons. The third kappa shape index (κ3) is 9.77. The summed E-state index contributed by atoms with van der Waals surface area (Å²) in [4.78, 5) is 43.0. The Morgan fingerprint density at radius 2 is 1.78 bits per heavy atom. The van der Waals surface area contributed by atoms with Crippen LogP contribution in [-0.2, 0) is 32.0 Å². The molecular weight excluding hydrogens is 496 g/mol. The molecule has 1 heterocycles. The molecule has 9 nitrogen and oxygen atoms in total. The lowest BCUT2D eigenvalue weighted by Gasteiger charge is -2.34. The highest BCUT2D eigenvalue weighted by Gasteiger charge is 2.33. The molecule has 0 aliphatic heterocycles. The molecule has 2 rings (SSSR count). The van der Waals surface area contributed by atoms with Gasteiger partial charge in [0.1, 0.15) is 10.6 Å². The van der Waals surface area contributed by atoms with E-state index in [4.69, 9.17) is 14.2 Å². The van der Waals surface area contributed by atoms with Gasteiger partial charge in [-0.1, -0.05) is 44.2 Å². The Balaban J connectivity index is 2.22. The minimum absolute atomic E-state index is 0.000315. The predicted octanol–water partition coefficient (Wildman–Crippen LogP) is 5.49. The van der Waals surface area contributed by atoms with E-state index in [1.807, 2.05) is 44.2 Å². The van der Waals surface area contributed by atoms with E-state index in [9.17, 15) is 19.5 Å². The quantitative estimate of drug-likeness (QED) is 0.281. The van der Waals surface area contributed by atoms with Crippen LogP contribution in [0.4, 0.5) is 4.79 Å². The van der Waals surface area contributed by atoms with Crippen molar-refractivity contribution >= 4 is 29.4 Å². The Kier molecular flexibility index (Phi) is 11.1. The third-order valence-corrected chi connectivity index (χ3v) is 6.70. The highest BCUT2D eigenvalue weighted by Crippen LogP contribution is 2.33. The summed E-state index contributed by atoms with van der Waals surface area (Å²) in [5, 5.41) is 10.1. The largest absolute Gasteiger partial charge is 0.476 e. The van der Waals surface area contributed by atoms with E-state index in [1.54, 1.807) is 27.8 Å². The molecule has 0 saturated heterocycles. The zero-order chi connectivity index (χ0) is 27.8.